The lowest BCUT2D eigenvalue weighted by Gasteiger charge is -2.25. The number of pyridine rings is 1. The van der Waals surface area contributed by atoms with Crippen LogP contribution in [0.3, 0.4) is 0 Å². The molecular weight excluding hydrogens is 230 g/mol. The van der Waals surface area contributed by atoms with Crippen LogP contribution < -0.4 is 5.32 Å². The molecule has 2 N–H and O–H groups in total. The molecule has 0 radical (unpaired) electrons. The number of hydrogen-bond acceptors (Lipinski definition) is 3. The minimum Gasteiger partial charge on any atom is -0.389 e. The lowest BCUT2D eigenvalue weighted by atomic mass is 10.1. The summed E-state index contributed by atoms with van der Waals surface area (Å²) in [6, 6.07) is 5.46. The second-order valence-electron chi connectivity index (χ2n) is 5.10. The van der Waals surface area contributed by atoms with Crippen molar-refractivity contribution in [2.75, 3.05) is 13.6 Å². The van der Waals surface area contributed by atoms with Crippen LogP contribution in [-0.4, -0.2) is 40.2 Å². The van der Waals surface area contributed by atoms with Crippen LogP contribution in [0.25, 0.3) is 0 Å². The molecule has 1 aromatic heterocycles. The van der Waals surface area contributed by atoms with Gasteiger partial charge in [-0.2, -0.15) is 0 Å². The van der Waals surface area contributed by atoms with Gasteiger partial charge in [-0.3, -0.25) is 4.98 Å². The first-order valence-electron chi connectivity index (χ1n) is 5.92. The minimum atomic E-state index is -0.895. The molecule has 1 aromatic rings. The van der Waals surface area contributed by atoms with Crippen LogP contribution in [0.2, 0.25) is 0 Å². The van der Waals surface area contributed by atoms with E-state index in [0.29, 0.717) is 6.54 Å². The summed E-state index contributed by atoms with van der Waals surface area (Å²) in [5.41, 5.74) is 0.847. The molecule has 0 spiro atoms. The predicted molar refractivity (Wildman–Crippen MR) is 70.1 cm³/mol. The average Bonchev–Trinajstić information content (AvgIpc) is 2.23. The van der Waals surface area contributed by atoms with E-state index in [4.69, 9.17) is 0 Å². The van der Waals surface area contributed by atoms with Gasteiger partial charge in [-0.05, 0) is 32.9 Å². The van der Waals surface area contributed by atoms with Crippen LogP contribution in [0.4, 0.5) is 4.79 Å². The first kappa shape index (κ1) is 14.4. The highest BCUT2D eigenvalue weighted by Crippen LogP contribution is 2.03. The lowest BCUT2D eigenvalue weighted by molar-refractivity contribution is 0.0531. The smallest absolute Gasteiger partial charge is 0.317 e. The topological polar surface area (TPSA) is 65.5 Å². The van der Waals surface area contributed by atoms with E-state index in [1.807, 2.05) is 25.1 Å². The number of rotatable bonds is 4. The fourth-order valence-electron chi connectivity index (χ4n) is 1.65. The van der Waals surface area contributed by atoms with Crippen molar-refractivity contribution in [1.29, 1.82) is 0 Å². The highest BCUT2D eigenvalue weighted by atomic mass is 16.3. The second kappa shape index (κ2) is 5.82. The summed E-state index contributed by atoms with van der Waals surface area (Å²) in [6.45, 7) is 5.90. The number of amides is 2. The Morgan fingerprint density at radius 3 is 2.72 bits per heavy atom. The van der Waals surface area contributed by atoms with Gasteiger partial charge in [-0.1, -0.05) is 6.07 Å². The highest BCUT2D eigenvalue weighted by molar-refractivity contribution is 5.73. The number of carbonyl (C=O) groups excluding carboxylic acids is 1. The Balaban J connectivity index is 2.46. The Morgan fingerprint density at radius 2 is 2.17 bits per heavy atom. The van der Waals surface area contributed by atoms with E-state index in [0.717, 1.165) is 11.4 Å². The number of nitrogens with one attached hydrogen (secondary N) is 1. The maximum absolute atomic E-state index is 11.8. The van der Waals surface area contributed by atoms with Gasteiger partial charge in [0.2, 0.25) is 0 Å². The Kier molecular flexibility index (Phi) is 4.67. The Labute approximate surface area is 108 Å². The normalized spacial score (nSPS) is 11.2. The molecule has 0 bridgehead atoms. The van der Waals surface area contributed by atoms with E-state index in [1.54, 1.807) is 20.9 Å². The quantitative estimate of drug-likeness (QED) is 0.847. The van der Waals surface area contributed by atoms with Crippen LogP contribution in [0, 0.1) is 6.92 Å². The fourth-order valence-corrected chi connectivity index (χ4v) is 1.65. The van der Waals surface area contributed by atoms with Gasteiger partial charge >= 0.3 is 6.03 Å². The molecule has 0 aliphatic heterocycles. The van der Waals surface area contributed by atoms with E-state index >= 15 is 0 Å². The number of aryl methyl sites for hydroxylation is 1. The summed E-state index contributed by atoms with van der Waals surface area (Å²) < 4.78 is 0. The van der Waals surface area contributed by atoms with Crippen LogP contribution in [0.15, 0.2) is 18.2 Å². The standard InChI is InChI=1S/C13H21N3O2/c1-10-6-5-7-11(15-10)8-14-12(17)16(4)9-13(2,3)18/h5-7,18H,8-9H2,1-4H3,(H,14,17). The van der Waals surface area contributed by atoms with Gasteiger partial charge in [0.1, 0.15) is 0 Å². The first-order chi connectivity index (χ1) is 8.28. The molecule has 18 heavy (non-hydrogen) atoms. The van der Waals surface area contributed by atoms with Gasteiger partial charge in [0, 0.05) is 12.7 Å². The summed E-state index contributed by atoms with van der Waals surface area (Å²) in [4.78, 5) is 17.5. The number of aliphatic hydroxyl groups is 1. The van der Waals surface area contributed by atoms with E-state index in [-0.39, 0.29) is 12.6 Å². The largest absolute Gasteiger partial charge is 0.389 e. The molecule has 100 valence electrons. The van der Waals surface area contributed by atoms with Crippen LogP contribution >= 0.6 is 0 Å². The molecule has 0 atom stereocenters. The minimum absolute atomic E-state index is 0.222. The van der Waals surface area contributed by atoms with Crippen LogP contribution in [0.5, 0.6) is 0 Å². The summed E-state index contributed by atoms with van der Waals surface area (Å²) >= 11 is 0. The average molecular weight is 251 g/mol. The van der Waals surface area contributed by atoms with E-state index in [2.05, 4.69) is 10.3 Å². The van der Waals surface area contributed by atoms with Crippen molar-refractivity contribution in [2.24, 2.45) is 0 Å². The van der Waals surface area contributed by atoms with Crippen molar-refractivity contribution in [2.45, 2.75) is 32.9 Å². The Morgan fingerprint density at radius 1 is 1.50 bits per heavy atom. The van der Waals surface area contributed by atoms with Crippen molar-refractivity contribution in [3.8, 4) is 0 Å². The lowest BCUT2D eigenvalue weighted by Crippen LogP contribution is -2.44. The number of urea groups is 1. The van der Waals surface area contributed by atoms with Gasteiger partial charge in [0.25, 0.3) is 0 Å². The van der Waals surface area contributed by atoms with Gasteiger partial charge in [0.15, 0.2) is 0 Å². The predicted octanol–water partition coefficient (Wildman–Crippen LogP) is 1.30. The van der Waals surface area contributed by atoms with E-state index in [9.17, 15) is 9.90 Å². The molecule has 5 nitrogen and oxygen atoms in total. The van der Waals surface area contributed by atoms with E-state index < -0.39 is 5.60 Å². The second-order valence-corrected chi connectivity index (χ2v) is 5.10. The SMILES string of the molecule is Cc1cccc(CNC(=O)N(C)CC(C)(C)O)n1. The molecule has 0 fully saturated rings. The molecular formula is C13H21N3O2. The number of carbonyl (C=O) groups is 1. The number of aromatic nitrogens is 1. The van der Waals surface area contributed by atoms with E-state index in [1.165, 1.54) is 4.90 Å². The molecule has 0 aliphatic rings. The molecule has 0 aliphatic carbocycles. The zero-order valence-corrected chi connectivity index (χ0v) is 11.4. The summed E-state index contributed by atoms with van der Waals surface area (Å²) in [7, 11) is 1.65. The van der Waals surface area contributed by atoms with Crippen molar-refractivity contribution < 1.29 is 9.90 Å². The van der Waals surface area contributed by atoms with Crippen molar-refractivity contribution in [3.05, 3.63) is 29.6 Å². The molecule has 0 unspecified atom stereocenters. The van der Waals surface area contributed by atoms with Crippen molar-refractivity contribution in [1.82, 2.24) is 15.2 Å². The van der Waals surface area contributed by atoms with Gasteiger partial charge < -0.3 is 15.3 Å². The van der Waals surface area contributed by atoms with Crippen LogP contribution in [0.1, 0.15) is 25.2 Å². The number of nitrogens with zero attached hydrogens (tertiary/aromatic N) is 2. The third kappa shape index (κ3) is 5.14. The van der Waals surface area contributed by atoms with Crippen molar-refractivity contribution in [3.63, 3.8) is 0 Å². The maximum Gasteiger partial charge on any atom is 0.317 e. The van der Waals surface area contributed by atoms with Gasteiger partial charge in [-0.15, -0.1) is 0 Å². The fraction of sp³-hybridized carbons (Fsp3) is 0.538. The van der Waals surface area contributed by atoms with Crippen molar-refractivity contribution >= 4 is 6.03 Å². The molecule has 0 aromatic carbocycles. The van der Waals surface area contributed by atoms with Gasteiger partial charge in [-0.25, -0.2) is 4.79 Å². The number of hydrogen-bond donors (Lipinski definition) is 2. The Bertz CT molecular complexity index is 413. The molecule has 0 saturated heterocycles. The molecule has 1 rings (SSSR count). The van der Waals surface area contributed by atoms with Gasteiger partial charge in [0.05, 0.1) is 24.4 Å². The zero-order valence-electron chi connectivity index (χ0n) is 11.4. The van der Waals surface area contributed by atoms with Crippen LogP contribution in [-0.2, 0) is 6.54 Å². The molecule has 0 saturated carbocycles. The molecule has 1 heterocycles. The summed E-state index contributed by atoms with van der Waals surface area (Å²) in [6.07, 6.45) is 0. The summed E-state index contributed by atoms with van der Waals surface area (Å²) in [5, 5.41) is 12.4. The maximum atomic E-state index is 11.8. The highest BCUT2D eigenvalue weighted by Gasteiger charge is 2.18. The molecule has 2 amide bonds. The molecule has 5 heteroatoms. The summed E-state index contributed by atoms with van der Waals surface area (Å²) in [5.74, 6) is 0. The number of likely N-dealkylation sites (N-methyl/N-ethyl adjacent to an activating group) is 1. The Hall–Kier alpha value is -1.62. The third-order valence-corrected chi connectivity index (χ3v) is 2.34. The first-order valence-corrected chi connectivity index (χ1v) is 5.92. The zero-order chi connectivity index (χ0) is 13.8. The monoisotopic (exact) mass is 251 g/mol. The third-order valence-electron chi connectivity index (χ3n) is 2.34.